The fourth-order valence-electron chi connectivity index (χ4n) is 1.84. The van der Waals surface area contributed by atoms with Crippen molar-refractivity contribution in [3.63, 3.8) is 0 Å². The number of ether oxygens (including phenoxy) is 2. The standard InChI is InChI=1S/C13H12F3NO4/c1-2-7-11(18)12(19)8(6-20-7)21-10-5-3-4-9(17-10)13(14,15)16/h1,3-5,7-8,11-12,18-19H,6H2/t7-,8+,11+,12-/m1/s1. The zero-order valence-electron chi connectivity index (χ0n) is 10.6. The molecule has 4 atom stereocenters. The van der Waals surface area contributed by atoms with Crippen molar-refractivity contribution in [2.75, 3.05) is 6.61 Å². The van der Waals surface area contributed by atoms with Crippen molar-refractivity contribution in [3.8, 4) is 18.2 Å². The second-order valence-corrected chi connectivity index (χ2v) is 4.42. The van der Waals surface area contributed by atoms with Crippen LogP contribution >= 0.6 is 0 Å². The maximum atomic E-state index is 12.5. The number of nitrogens with zero attached hydrogens (tertiary/aromatic N) is 1. The number of aromatic nitrogens is 1. The molecule has 1 saturated heterocycles. The van der Waals surface area contributed by atoms with Crippen molar-refractivity contribution in [1.82, 2.24) is 4.98 Å². The van der Waals surface area contributed by atoms with E-state index in [-0.39, 0.29) is 12.5 Å². The summed E-state index contributed by atoms with van der Waals surface area (Å²) in [6, 6.07) is 3.13. The molecule has 0 bridgehead atoms. The molecule has 0 aromatic carbocycles. The molecular weight excluding hydrogens is 291 g/mol. The summed E-state index contributed by atoms with van der Waals surface area (Å²) in [6.07, 6.45) is -4.35. The van der Waals surface area contributed by atoms with Crippen LogP contribution in [-0.4, -0.2) is 46.2 Å². The van der Waals surface area contributed by atoms with Crippen LogP contribution < -0.4 is 4.74 Å². The van der Waals surface area contributed by atoms with E-state index in [9.17, 15) is 23.4 Å². The van der Waals surface area contributed by atoms with Crippen LogP contribution in [0, 0.1) is 12.3 Å². The second kappa shape index (κ2) is 5.89. The molecule has 21 heavy (non-hydrogen) atoms. The van der Waals surface area contributed by atoms with Gasteiger partial charge < -0.3 is 19.7 Å². The van der Waals surface area contributed by atoms with Crippen LogP contribution in [0.4, 0.5) is 13.2 Å². The Labute approximate surface area is 118 Å². The third-order valence-corrected chi connectivity index (χ3v) is 2.93. The van der Waals surface area contributed by atoms with Gasteiger partial charge >= 0.3 is 6.18 Å². The van der Waals surface area contributed by atoms with Gasteiger partial charge in [0.2, 0.25) is 5.88 Å². The van der Waals surface area contributed by atoms with E-state index in [0.717, 1.165) is 12.1 Å². The predicted octanol–water partition coefficient (Wildman–Crippen LogP) is 0.602. The molecular formula is C13H12F3NO4. The quantitative estimate of drug-likeness (QED) is 0.783. The highest BCUT2D eigenvalue weighted by molar-refractivity contribution is 5.18. The highest BCUT2D eigenvalue weighted by Gasteiger charge is 2.39. The van der Waals surface area contributed by atoms with Crippen LogP contribution in [0.1, 0.15) is 5.69 Å². The van der Waals surface area contributed by atoms with E-state index in [1.165, 1.54) is 6.07 Å². The maximum absolute atomic E-state index is 12.5. The predicted molar refractivity (Wildman–Crippen MR) is 64.2 cm³/mol. The minimum Gasteiger partial charge on any atom is -0.469 e. The van der Waals surface area contributed by atoms with Crippen molar-refractivity contribution in [2.45, 2.75) is 30.6 Å². The van der Waals surface area contributed by atoms with E-state index < -0.39 is 36.3 Å². The summed E-state index contributed by atoms with van der Waals surface area (Å²) in [5, 5.41) is 19.5. The molecule has 0 spiro atoms. The number of hydrogen-bond acceptors (Lipinski definition) is 5. The van der Waals surface area contributed by atoms with Gasteiger partial charge in [-0.25, -0.2) is 4.98 Å². The van der Waals surface area contributed by atoms with Gasteiger partial charge in [0.25, 0.3) is 0 Å². The number of halogens is 3. The van der Waals surface area contributed by atoms with Gasteiger partial charge in [-0.15, -0.1) is 6.42 Å². The Bertz CT molecular complexity index is 543. The maximum Gasteiger partial charge on any atom is 0.433 e. The van der Waals surface area contributed by atoms with Crippen LogP contribution in [0.5, 0.6) is 5.88 Å². The topological polar surface area (TPSA) is 71.8 Å². The van der Waals surface area contributed by atoms with Gasteiger partial charge in [-0.1, -0.05) is 12.0 Å². The van der Waals surface area contributed by atoms with Crippen LogP contribution in [0.2, 0.25) is 0 Å². The average molecular weight is 303 g/mol. The summed E-state index contributed by atoms with van der Waals surface area (Å²) in [4.78, 5) is 3.30. The summed E-state index contributed by atoms with van der Waals surface area (Å²) in [5.74, 6) is 1.82. The zero-order valence-corrected chi connectivity index (χ0v) is 10.6. The van der Waals surface area contributed by atoms with Crippen molar-refractivity contribution >= 4 is 0 Å². The number of terminal acetylenes is 1. The molecule has 1 aliphatic heterocycles. The van der Waals surface area contributed by atoms with Gasteiger partial charge in [-0.05, 0) is 6.07 Å². The molecule has 2 rings (SSSR count). The lowest BCUT2D eigenvalue weighted by atomic mass is 10.0. The van der Waals surface area contributed by atoms with Crippen molar-refractivity contribution < 1.29 is 32.9 Å². The first-order chi connectivity index (χ1) is 9.82. The molecule has 5 nitrogen and oxygen atoms in total. The first-order valence-electron chi connectivity index (χ1n) is 5.97. The highest BCUT2D eigenvalue weighted by Crippen LogP contribution is 2.29. The smallest absolute Gasteiger partial charge is 0.433 e. The summed E-state index contributed by atoms with van der Waals surface area (Å²) in [7, 11) is 0. The van der Waals surface area contributed by atoms with Gasteiger partial charge in [0.05, 0.1) is 6.61 Å². The molecule has 1 aliphatic rings. The third kappa shape index (κ3) is 3.44. The number of alkyl halides is 3. The molecule has 1 fully saturated rings. The van der Waals surface area contributed by atoms with Crippen molar-refractivity contribution in [2.24, 2.45) is 0 Å². The number of aliphatic hydroxyl groups excluding tert-OH is 2. The lowest BCUT2D eigenvalue weighted by molar-refractivity contribution is -0.164. The van der Waals surface area contributed by atoms with Gasteiger partial charge in [-0.3, -0.25) is 0 Å². The van der Waals surface area contributed by atoms with Crippen LogP contribution in [0.3, 0.4) is 0 Å². The first-order valence-corrected chi connectivity index (χ1v) is 5.97. The molecule has 2 N–H and O–H groups in total. The molecule has 1 aromatic heterocycles. The third-order valence-electron chi connectivity index (χ3n) is 2.93. The Morgan fingerprint density at radius 3 is 2.67 bits per heavy atom. The van der Waals surface area contributed by atoms with Crippen LogP contribution in [0.25, 0.3) is 0 Å². The van der Waals surface area contributed by atoms with E-state index in [1.54, 1.807) is 0 Å². The Balaban J connectivity index is 2.11. The Morgan fingerprint density at radius 1 is 1.33 bits per heavy atom. The summed E-state index contributed by atoms with van der Waals surface area (Å²) < 4.78 is 47.8. The molecule has 8 heteroatoms. The Morgan fingerprint density at radius 2 is 2.05 bits per heavy atom. The second-order valence-electron chi connectivity index (χ2n) is 4.42. The number of aliphatic hydroxyl groups is 2. The fraction of sp³-hybridized carbons (Fsp3) is 0.462. The van der Waals surface area contributed by atoms with Crippen LogP contribution in [0.15, 0.2) is 18.2 Å². The summed E-state index contributed by atoms with van der Waals surface area (Å²) in [5.41, 5.74) is -1.12. The normalized spacial score (nSPS) is 29.7. The lowest BCUT2D eigenvalue weighted by Crippen LogP contribution is -2.54. The lowest BCUT2D eigenvalue weighted by Gasteiger charge is -2.35. The van der Waals surface area contributed by atoms with Crippen molar-refractivity contribution in [3.05, 3.63) is 23.9 Å². The van der Waals surface area contributed by atoms with E-state index in [0.29, 0.717) is 0 Å². The van der Waals surface area contributed by atoms with E-state index in [2.05, 4.69) is 10.9 Å². The summed E-state index contributed by atoms with van der Waals surface area (Å²) in [6.45, 7) is -0.176. The Kier molecular flexibility index (Phi) is 4.37. The van der Waals surface area contributed by atoms with Gasteiger partial charge in [-0.2, -0.15) is 13.2 Å². The molecule has 0 radical (unpaired) electrons. The Hall–Kier alpha value is -1.82. The minimum absolute atomic E-state index is 0.176. The largest absolute Gasteiger partial charge is 0.469 e. The number of hydrogen-bond donors (Lipinski definition) is 2. The number of rotatable bonds is 2. The molecule has 0 amide bonds. The first kappa shape index (κ1) is 15.6. The molecule has 0 aliphatic carbocycles. The molecule has 2 heterocycles. The summed E-state index contributed by atoms with van der Waals surface area (Å²) >= 11 is 0. The zero-order chi connectivity index (χ0) is 15.6. The van der Waals surface area contributed by atoms with E-state index in [1.807, 2.05) is 0 Å². The van der Waals surface area contributed by atoms with Gasteiger partial charge in [0.1, 0.15) is 24.0 Å². The molecule has 1 aromatic rings. The number of pyridine rings is 1. The monoisotopic (exact) mass is 303 g/mol. The molecule has 114 valence electrons. The van der Waals surface area contributed by atoms with Gasteiger partial charge in [0, 0.05) is 6.07 Å². The molecule has 0 unspecified atom stereocenters. The fourth-order valence-corrected chi connectivity index (χ4v) is 1.84. The average Bonchev–Trinajstić information content (AvgIpc) is 2.44. The SMILES string of the molecule is C#C[C@H]1OC[C@H](Oc2cccc(C(F)(F)F)n2)[C@@H](O)[C@H]1O. The molecule has 0 saturated carbocycles. The minimum atomic E-state index is -4.60. The highest BCUT2D eigenvalue weighted by atomic mass is 19.4. The van der Waals surface area contributed by atoms with Crippen LogP contribution in [-0.2, 0) is 10.9 Å². The van der Waals surface area contributed by atoms with Gasteiger partial charge in [0.15, 0.2) is 6.10 Å². The van der Waals surface area contributed by atoms with Crippen molar-refractivity contribution in [1.29, 1.82) is 0 Å². The van der Waals surface area contributed by atoms with E-state index in [4.69, 9.17) is 15.9 Å². The van der Waals surface area contributed by atoms with E-state index >= 15 is 0 Å².